The maximum Gasteiger partial charge on any atom is 0.116 e. The number of aliphatic hydroxyl groups is 1. The van der Waals surface area contributed by atoms with Crippen molar-refractivity contribution in [3.05, 3.63) is 0 Å². The highest BCUT2D eigenvalue weighted by atomic mass is 16.3. The molecule has 1 N–H and O–H groups in total. The zero-order valence-corrected chi connectivity index (χ0v) is 4.20. The molecule has 0 aromatic heterocycles. The fraction of sp³-hybridized carbons (Fsp3) is 1.00. The summed E-state index contributed by atoms with van der Waals surface area (Å²) in [6.07, 6.45) is 1.03. The van der Waals surface area contributed by atoms with Gasteiger partial charge in [0, 0.05) is 0 Å². The summed E-state index contributed by atoms with van der Waals surface area (Å²) in [4.78, 5) is 0. The van der Waals surface area contributed by atoms with Gasteiger partial charge in [-0.25, -0.2) is 0 Å². The van der Waals surface area contributed by atoms with Crippen LogP contribution in [0.2, 0.25) is 0 Å². The van der Waals surface area contributed by atoms with Gasteiger partial charge in [-0.05, 0) is 6.92 Å². The first-order valence-electron chi connectivity index (χ1n) is 2.53. The van der Waals surface area contributed by atoms with E-state index >= 15 is 0 Å². The third-order valence-corrected chi connectivity index (χ3v) is 1.70. The van der Waals surface area contributed by atoms with E-state index in [1.54, 1.807) is 0 Å². The summed E-state index contributed by atoms with van der Waals surface area (Å²) in [7, 11) is 0. The molecule has 7 heavy (non-hydrogen) atoms. The van der Waals surface area contributed by atoms with Crippen LogP contribution in [-0.4, -0.2) is 34.1 Å². The van der Waals surface area contributed by atoms with Crippen molar-refractivity contribution in [2.45, 2.75) is 19.3 Å². The van der Waals surface area contributed by atoms with Gasteiger partial charge >= 0.3 is 0 Å². The van der Waals surface area contributed by atoms with Gasteiger partial charge in [0.25, 0.3) is 0 Å². The molecule has 0 radical (unpaired) electrons. The van der Waals surface area contributed by atoms with Crippen LogP contribution in [0.5, 0.6) is 0 Å². The summed E-state index contributed by atoms with van der Waals surface area (Å²) < 4.78 is 0. The molecule has 2 fully saturated rings. The molecule has 0 aromatic carbocycles. The minimum absolute atomic E-state index is 0.296. The maximum atomic E-state index is 8.44. The smallest absolute Gasteiger partial charge is 0.116 e. The van der Waals surface area contributed by atoms with Gasteiger partial charge in [0.2, 0.25) is 0 Å². The Kier molecular flexibility index (Phi) is 0.462. The lowest BCUT2D eigenvalue weighted by Crippen LogP contribution is -2.18. The Labute approximate surface area is 42.1 Å². The number of hydrazine groups is 1. The van der Waals surface area contributed by atoms with E-state index in [4.69, 9.17) is 5.11 Å². The van der Waals surface area contributed by atoms with E-state index in [2.05, 4.69) is 16.9 Å². The topological polar surface area (TPSA) is 26.2 Å². The molecule has 0 spiro atoms. The molecule has 3 heteroatoms. The number of rotatable bonds is 1. The van der Waals surface area contributed by atoms with Gasteiger partial charge in [0.1, 0.15) is 6.17 Å². The molecule has 2 aliphatic heterocycles. The van der Waals surface area contributed by atoms with E-state index in [-0.39, 0.29) is 0 Å². The van der Waals surface area contributed by atoms with E-state index in [1.807, 2.05) is 0 Å². The van der Waals surface area contributed by atoms with Crippen molar-refractivity contribution in [3.8, 4) is 0 Å². The lowest BCUT2D eigenvalue weighted by molar-refractivity contribution is 0.242. The molecule has 0 amide bonds. The Morgan fingerprint density at radius 2 is 2.14 bits per heavy atom. The van der Waals surface area contributed by atoms with E-state index in [1.165, 1.54) is 0 Å². The Morgan fingerprint density at radius 1 is 1.57 bits per heavy atom. The van der Waals surface area contributed by atoms with Crippen molar-refractivity contribution in [2.24, 2.45) is 0 Å². The molecule has 2 rings (SSSR count). The van der Waals surface area contributed by atoms with Gasteiger partial charge in [-0.3, -0.25) is 0 Å². The first kappa shape index (κ1) is 3.83. The second-order valence-electron chi connectivity index (χ2n) is 2.06. The summed E-state index contributed by atoms with van der Waals surface area (Å²) in [5.41, 5.74) is 0. The molecule has 3 nitrogen and oxygen atoms in total. The van der Waals surface area contributed by atoms with Crippen LogP contribution in [0.15, 0.2) is 0 Å². The summed E-state index contributed by atoms with van der Waals surface area (Å²) in [5, 5.41) is 12.7. The van der Waals surface area contributed by atoms with Gasteiger partial charge in [-0.15, -0.1) is 0 Å². The summed E-state index contributed by atoms with van der Waals surface area (Å²) in [6.45, 7) is 2.41. The van der Waals surface area contributed by atoms with Crippen molar-refractivity contribution < 1.29 is 5.11 Å². The highest BCUT2D eigenvalue weighted by Gasteiger charge is 2.66. The van der Waals surface area contributed by atoms with E-state index in [0.717, 1.165) is 0 Å². The lowest BCUT2D eigenvalue weighted by atomic mass is 10.5. The lowest BCUT2D eigenvalue weighted by Gasteiger charge is -1.96. The quantitative estimate of drug-likeness (QED) is 0.437. The zero-order chi connectivity index (χ0) is 5.02. The number of hydrogen-bond donors (Lipinski definition) is 1. The van der Waals surface area contributed by atoms with Crippen molar-refractivity contribution in [1.82, 2.24) is 10.0 Å². The highest BCUT2D eigenvalue weighted by Crippen LogP contribution is 2.47. The van der Waals surface area contributed by atoms with Crippen LogP contribution in [-0.2, 0) is 0 Å². The summed E-state index contributed by atoms with van der Waals surface area (Å²) >= 11 is 0. The normalized spacial score (nSPS) is 64.3. The van der Waals surface area contributed by atoms with Crippen LogP contribution in [0.3, 0.4) is 0 Å². The maximum absolute atomic E-state index is 8.44. The average Bonchev–Trinajstić information content (AvgIpc) is 2.47. The summed E-state index contributed by atoms with van der Waals surface area (Å²) in [5.74, 6) is 0. The van der Waals surface area contributed by atoms with Crippen LogP contribution in [0, 0.1) is 0 Å². The Hall–Kier alpha value is -0.120. The molecule has 0 bridgehead atoms. The molecule has 2 aliphatic rings. The molecule has 2 atom stereocenters. The highest BCUT2D eigenvalue weighted by molar-refractivity contribution is 5.02. The predicted molar refractivity (Wildman–Crippen MR) is 24.0 cm³/mol. The van der Waals surface area contributed by atoms with Crippen LogP contribution in [0.1, 0.15) is 6.92 Å². The van der Waals surface area contributed by atoms with Gasteiger partial charge < -0.3 is 5.11 Å². The molecule has 0 aliphatic carbocycles. The molecular weight excluding hydrogens is 92.1 g/mol. The van der Waals surface area contributed by atoms with Crippen LogP contribution in [0.4, 0.5) is 0 Å². The van der Waals surface area contributed by atoms with E-state index < -0.39 is 0 Å². The second kappa shape index (κ2) is 0.844. The molecule has 0 aromatic rings. The fourth-order valence-electron chi connectivity index (χ4n) is 1.13. The van der Waals surface area contributed by atoms with Crippen molar-refractivity contribution >= 4 is 0 Å². The van der Waals surface area contributed by atoms with Crippen LogP contribution < -0.4 is 0 Å². The van der Waals surface area contributed by atoms with Gasteiger partial charge in [0.15, 0.2) is 0 Å². The number of nitrogens with zero attached hydrogens (tertiary/aromatic N) is 2. The van der Waals surface area contributed by atoms with E-state index in [9.17, 15) is 0 Å². The Morgan fingerprint density at radius 3 is 2.29 bits per heavy atom. The zero-order valence-electron chi connectivity index (χ0n) is 4.20. The SMILES string of the molecule is CC1N2C(CO)N12. The second-order valence-corrected chi connectivity index (χ2v) is 2.06. The molecule has 2 heterocycles. The first-order valence-corrected chi connectivity index (χ1v) is 2.53. The molecule has 2 unspecified atom stereocenters. The Balaban J connectivity index is 1.88. The predicted octanol–water partition coefficient (Wildman–Crippen LogP) is -0.803. The molecule has 2 saturated heterocycles. The molecular formula is C4H8N2O. The van der Waals surface area contributed by atoms with Gasteiger partial charge in [-0.2, -0.15) is 10.0 Å². The van der Waals surface area contributed by atoms with E-state index in [0.29, 0.717) is 18.9 Å². The minimum atomic E-state index is 0.296. The largest absolute Gasteiger partial charge is 0.393 e. The number of aliphatic hydroxyl groups excluding tert-OH is 1. The number of hydrogen-bond acceptors (Lipinski definition) is 3. The van der Waals surface area contributed by atoms with Gasteiger partial charge in [-0.1, -0.05) is 0 Å². The third kappa shape index (κ3) is 0.277. The van der Waals surface area contributed by atoms with Crippen LogP contribution >= 0.6 is 0 Å². The molecule has 40 valence electrons. The van der Waals surface area contributed by atoms with Crippen molar-refractivity contribution in [2.75, 3.05) is 6.61 Å². The molecule has 0 saturated carbocycles. The summed E-state index contributed by atoms with van der Waals surface area (Å²) in [6, 6.07) is 0. The Bertz CT molecular complexity index is 89.1. The third-order valence-electron chi connectivity index (χ3n) is 1.70. The monoisotopic (exact) mass is 100 g/mol. The minimum Gasteiger partial charge on any atom is -0.393 e. The first-order chi connectivity index (χ1) is 3.36. The number of fused-ring (bicyclic) bond motifs is 1. The standard InChI is InChI=1S/C4H8N2O/c1-3-5-4(2-7)6(3)5/h3-4,7H,2H2,1H3. The van der Waals surface area contributed by atoms with Crippen molar-refractivity contribution in [1.29, 1.82) is 0 Å². The van der Waals surface area contributed by atoms with Crippen LogP contribution in [0.25, 0.3) is 0 Å². The van der Waals surface area contributed by atoms with Gasteiger partial charge in [0.05, 0.1) is 12.8 Å². The van der Waals surface area contributed by atoms with Crippen molar-refractivity contribution in [3.63, 3.8) is 0 Å². The fourth-order valence-corrected chi connectivity index (χ4v) is 1.13. The average molecular weight is 100 g/mol.